The van der Waals surface area contributed by atoms with Crippen LogP contribution in [-0.4, -0.2) is 40.9 Å². The molecule has 0 radical (unpaired) electrons. The van der Waals surface area contributed by atoms with Crippen molar-refractivity contribution < 1.29 is 14.6 Å². The van der Waals surface area contributed by atoms with Gasteiger partial charge in [0.1, 0.15) is 17.7 Å². The zero-order valence-corrected chi connectivity index (χ0v) is 17.9. The Morgan fingerprint density at radius 1 is 1.23 bits per heavy atom. The third kappa shape index (κ3) is 4.97. The average molecular weight is 424 g/mol. The van der Waals surface area contributed by atoms with Crippen molar-refractivity contribution in [3.05, 3.63) is 76.8 Å². The van der Waals surface area contributed by atoms with E-state index in [4.69, 9.17) is 0 Å². The number of pyridine rings is 1. The largest absolute Gasteiger partial charge is 0.396 e. The van der Waals surface area contributed by atoms with Crippen LogP contribution in [0.25, 0.3) is 0 Å². The van der Waals surface area contributed by atoms with E-state index in [-0.39, 0.29) is 18.5 Å². The number of aliphatic hydroxyl groups excluding tert-OH is 2. The molecular formula is C25H30FN3O2. The Morgan fingerprint density at radius 2 is 2.06 bits per heavy atom. The van der Waals surface area contributed by atoms with E-state index < -0.39 is 6.10 Å². The highest BCUT2D eigenvalue weighted by Crippen LogP contribution is 2.34. The Hall–Kier alpha value is -2.70. The number of allylic oxidation sites excluding steroid dienone is 2. The topological polar surface area (TPSA) is 68.6 Å². The molecule has 2 unspecified atom stereocenters. The monoisotopic (exact) mass is 423 g/mol. The van der Waals surface area contributed by atoms with Crippen LogP contribution in [0, 0.1) is 5.82 Å². The zero-order chi connectivity index (χ0) is 21.8. The van der Waals surface area contributed by atoms with Gasteiger partial charge in [-0.2, -0.15) is 0 Å². The van der Waals surface area contributed by atoms with Gasteiger partial charge in [-0.05, 0) is 73.1 Å². The van der Waals surface area contributed by atoms with E-state index in [2.05, 4.69) is 33.4 Å². The minimum absolute atomic E-state index is 0.0587. The lowest BCUT2D eigenvalue weighted by molar-refractivity contribution is 0.217. The molecule has 0 bridgehead atoms. The first-order chi connectivity index (χ1) is 15.0. The van der Waals surface area contributed by atoms with Gasteiger partial charge in [-0.1, -0.05) is 24.3 Å². The van der Waals surface area contributed by atoms with E-state index in [1.165, 1.54) is 12.3 Å². The molecule has 2 aliphatic rings. The van der Waals surface area contributed by atoms with Gasteiger partial charge in [-0.25, -0.2) is 9.37 Å². The van der Waals surface area contributed by atoms with E-state index in [0.717, 1.165) is 60.3 Å². The predicted octanol–water partition coefficient (Wildman–Crippen LogP) is 4.15. The summed E-state index contributed by atoms with van der Waals surface area (Å²) in [6, 6.07) is 9.36. The Kier molecular flexibility index (Phi) is 6.68. The van der Waals surface area contributed by atoms with E-state index in [0.29, 0.717) is 12.2 Å². The van der Waals surface area contributed by atoms with Gasteiger partial charge in [0.15, 0.2) is 0 Å². The maximum Gasteiger partial charge on any atom is 0.141 e. The first-order valence-corrected chi connectivity index (χ1v) is 11.0. The summed E-state index contributed by atoms with van der Waals surface area (Å²) in [6.45, 7) is 3.78. The van der Waals surface area contributed by atoms with E-state index in [1.54, 1.807) is 6.07 Å². The third-order valence-corrected chi connectivity index (χ3v) is 6.14. The highest BCUT2D eigenvalue weighted by atomic mass is 19.1. The SMILES string of the molecule is CC1=CCCC=C1C(O)c1ccc(N2CCC(Nc3ccc(F)cn3)C2)c(CCO)c1. The summed E-state index contributed by atoms with van der Waals surface area (Å²) in [7, 11) is 0. The summed E-state index contributed by atoms with van der Waals surface area (Å²) >= 11 is 0. The number of benzene rings is 1. The number of anilines is 2. The van der Waals surface area contributed by atoms with Gasteiger partial charge >= 0.3 is 0 Å². The second kappa shape index (κ2) is 9.62. The van der Waals surface area contributed by atoms with Crippen LogP contribution in [0.15, 0.2) is 59.8 Å². The van der Waals surface area contributed by atoms with Crippen molar-refractivity contribution in [3.63, 3.8) is 0 Å². The summed E-state index contributed by atoms with van der Waals surface area (Å²) in [4.78, 5) is 6.39. The fourth-order valence-corrected chi connectivity index (χ4v) is 4.50. The Morgan fingerprint density at radius 3 is 2.81 bits per heavy atom. The number of aromatic nitrogens is 1. The number of aliphatic hydroxyl groups is 2. The molecule has 5 nitrogen and oxygen atoms in total. The Labute approximate surface area is 182 Å². The predicted molar refractivity (Wildman–Crippen MR) is 122 cm³/mol. The van der Waals surface area contributed by atoms with Crippen LogP contribution in [0.1, 0.15) is 43.4 Å². The summed E-state index contributed by atoms with van der Waals surface area (Å²) in [6.07, 6.45) is 8.33. The third-order valence-electron chi connectivity index (χ3n) is 6.14. The average Bonchev–Trinajstić information content (AvgIpc) is 3.24. The molecule has 6 heteroatoms. The lowest BCUT2D eigenvalue weighted by Gasteiger charge is -2.25. The van der Waals surface area contributed by atoms with Gasteiger partial charge in [0, 0.05) is 31.4 Å². The van der Waals surface area contributed by atoms with E-state index >= 15 is 0 Å². The van der Waals surface area contributed by atoms with Crippen molar-refractivity contribution >= 4 is 11.5 Å². The second-order valence-corrected chi connectivity index (χ2v) is 8.33. The number of hydrogen-bond donors (Lipinski definition) is 3. The molecular weight excluding hydrogens is 393 g/mol. The number of halogens is 1. The van der Waals surface area contributed by atoms with Crippen LogP contribution in [-0.2, 0) is 6.42 Å². The van der Waals surface area contributed by atoms with Crippen LogP contribution >= 0.6 is 0 Å². The van der Waals surface area contributed by atoms with Gasteiger partial charge in [-0.3, -0.25) is 0 Å². The van der Waals surface area contributed by atoms with Crippen LogP contribution < -0.4 is 10.2 Å². The molecule has 1 aliphatic carbocycles. The quantitative estimate of drug-likeness (QED) is 0.624. The van der Waals surface area contributed by atoms with Crippen molar-refractivity contribution in [1.29, 1.82) is 0 Å². The lowest BCUT2D eigenvalue weighted by atomic mass is 9.90. The molecule has 1 aromatic heterocycles. The maximum absolute atomic E-state index is 13.1. The highest BCUT2D eigenvalue weighted by Gasteiger charge is 2.25. The van der Waals surface area contributed by atoms with Gasteiger partial charge in [0.2, 0.25) is 0 Å². The van der Waals surface area contributed by atoms with Crippen LogP contribution in [0.2, 0.25) is 0 Å². The number of nitrogens with zero attached hydrogens (tertiary/aromatic N) is 2. The molecule has 0 saturated carbocycles. The molecule has 0 spiro atoms. The first kappa shape index (κ1) is 21.5. The first-order valence-electron chi connectivity index (χ1n) is 11.0. The van der Waals surface area contributed by atoms with Crippen molar-refractivity contribution in [1.82, 2.24) is 4.98 Å². The molecule has 2 aromatic rings. The molecule has 31 heavy (non-hydrogen) atoms. The minimum atomic E-state index is -0.652. The molecule has 1 saturated heterocycles. The molecule has 4 rings (SSSR count). The van der Waals surface area contributed by atoms with Crippen molar-refractivity contribution in [2.24, 2.45) is 0 Å². The van der Waals surface area contributed by atoms with Gasteiger partial charge in [-0.15, -0.1) is 0 Å². The molecule has 1 aromatic carbocycles. The molecule has 0 amide bonds. The Balaban J connectivity index is 1.50. The zero-order valence-electron chi connectivity index (χ0n) is 17.9. The van der Waals surface area contributed by atoms with Crippen molar-refractivity contribution in [2.75, 3.05) is 29.9 Å². The van der Waals surface area contributed by atoms with Crippen LogP contribution in [0.3, 0.4) is 0 Å². The van der Waals surface area contributed by atoms with Gasteiger partial charge in [0.05, 0.1) is 6.20 Å². The fraction of sp³-hybridized carbons (Fsp3) is 0.400. The van der Waals surface area contributed by atoms with E-state index in [1.807, 2.05) is 19.1 Å². The summed E-state index contributed by atoms with van der Waals surface area (Å²) in [5, 5.41) is 24.0. The van der Waals surface area contributed by atoms with E-state index in [9.17, 15) is 14.6 Å². The Bertz CT molecular complexity index is 971. The molecule has 164 valence electrons. The summed E-state index contributed by atoms with van der Waals surface area (Å²) in [5.41, 5.74) is 5.10. The molecule has 1 fully saturated rings. The standard InChI is InChI=1S/C25H30FN3O2/c1-17-4-2-3-5-22(17)25(31)19-6-8-23(18(14-19)11-13-30)29-12-10-21(16-29)28-24-9-7-20(26)15-27-24/h4-9,14-15,21,25,30-31H,2-3,10-13,16H2,1H3,(H,27,28). The number of nitrogens with one attached hydrogen (secondary N) is 1. The lowest BCUT2D eigenvalue weighted by Crippen LogP contribution is -2.27. The summed E-state index contributed by atoms with van der Waals surface area (Å²) in [5.74, 6) is 0.329. The maximum atomic E-state index is 13.1. The van der Waals surface area contributed by atoms with Gasteiger partial charge < -0.3 is 20.4 Å². The normalized spacial score (nSPS) is 19.7. The van der Waals surface area contributed by atoms with Crippen LogP contribution in [0.5, 0.6) is 0 Å². The van der Waals surface area contributed by atoms with Crippen molar-refractivity contribution in [3.8, 4) is 0 Å². The highest BCUT2D eigenvalue weighted by molar-refractivity contribution is 5.58. The minimum Gasteiger partial charge on any atom is -0.396 e. The molecule has 2 heterocycles. The number of rotatable bonds is 7. The fourth-order valence-electron chi connectivity index (χ4n) is 4.50. The molecule has 2 atom stereocenters. The number of hydrogen-bond acceptors (Lipinski definition) is 5. The van der Waals surface area contributed by atoms with Crippen molar-refractivity contribution in [2.45, 2.75) is 44.8 Å². The summed E-state index contributed by atoms with van der Waals surface area (Å²) < 4.78 is 13.1. The smallest absolute Gasteiger partial charge is 0.141 e. The molecule has 1 aliphatic heterocycles. The van der Waals surface area contributed by atoms with Gasteiger partial charge in [0.25, 0.3) is 0 Å². The second-order valence-electron chi connectivity index (χ2n) is 8.33. The van der Waals surface area contributed by atoms with Crippen LogP contribution in [0.4, 0.5) is 15.9 Å². The molecule has 3 N–H and O–H groups in total.